The lowest BCUT2D eigenvalue weighted by Crippen LogP contribution is -2.24. The fraction of sp³-hybridized carbons (Fsp3) is 0.286. The molecule has 0 bridgehead atoms. The largest absolute Gasteiger partial charge is 0.480 e. The average Bonchev–Trinajstić information content (AvgIpc) is 2.84. The van der Waals surface area contributed by atoms with E-state index in [4.69, 9.17) is 15.6 Å². The van der Waals surface area contributed by atoms with Crippen LogP contribution in [0, 0.1) is 5.92 Å². The lowest BCUT2D eigenvalue weighted by molar-refractivity contribution is -0.139. The van der Waals surface area contributed by atoms with Gasteiger partial charge in [-0.3, -0.25) is 4.79 Å². The van der Waals surface area contributed by atoms with E-state index in [1.165, 1.54) is 0 Å². The molecule has 0 fully saturated rings. The molecule has 2 atom stereocenters. The van der Waals surface area contributed by atoms with Gasteiger partial charge in [-0.15, -0.1) is 0 Å². The van der Waals surface area contributed by atoms with Crippen LogP contribution in [0.25, 0.3) is 0 Å². The number of para-hydroxylation sites is 2. The van der Waals surface area contributed by atoms with Crippen molar-refractivity contribution in [1.82, 2.24) is 0 Å². The van der Waals surface area contributed by atoms with Crippen molar-refractivity contribution in [3.63, 3.8) is 0 Å². The molecule has 0 saturated heterocycles. The van der Waals surface area contributed by atoms with Crippen molar-refractivity contribution >= 4 is 17.6 Å². The van der Waals surface area contributed by atoms with Gasteiger partial charge in [0.05, 0.1) is 11.6 Å². The van der Waals surface area contributed by atoms with E-state index in [9.17, 15) is 9.59 Å². The smallest absolute Gasteiger partial charge is 0.341 e. The SMILES string of the molecule is NC1C=CC(C(=O)Nc2ccccc2OCC(=O)O)C1. The Morgan fingerprint density at radius 1 is 1.35 bits per heavy atom. The molecule has 0 aromatic heterocycles. The molecule has 1 aliphatic rings. The molecule has 2 unspecified atom stereocenters. The van der Waals surface area contributed by atoms with E-state index in [1.54, 1.807) is 36.4 Å². The molecule has 1 aromatic rings. The van der Waals surface area contributed by atoms with Crippen molar-refractivity contribution < 1.29 is 19.4 Å². The number of nitrogens with two attached hydrogens (primary N) is 1. The Morgan fingerprint density at radius 2 is 2.10 bits per heavy atom. The van der Waals surface area contributed by atoms with Gasteiger partial charge in [0.25, 0.3) is 0 Å². The summed E-state index contributed by atoms with van der Waals surface area (Å²) in [5, 5.41) is 11.3. The zero-order chi connectivity index (χ0) is 14.5. The number of anilines is 1. The van der Waals surface area contributed by atoms with Gasteiger partial charge < -0.3 is 20.9 Å². The number of aliphatic carboxylic acids is 1. The molecule has 0 saturated carbocycles. The van der Waals surface area contributed by atoms with Gasteiger partial charge in [0.15, 0.2) is 6.61 Å². The van der Waals surface area contributed by atoms with E-state index in [0.717, 1.165) is 0 Å². The topological polar surface area (TPSA) is 102 Å². The van der Waals surface area contributed by atoms with E-state index >= 15 is 0 Å². The predicted octanol–water partition coefficient (Wildman–Crippen LogP) is 0.992. The van der Waals surface area contributed by atoms with Crippen LogP contribution in [-0.2, 0) is 9.59 Å². The maximum absolute atomic E-state index is 12.1. The van der Waals surface area contributed by atoms with Gasteiger partial charge in [0, 0.05) is 6.04 Å². The van der Waals surface area contributed by atoms with Crippen LogP contribution in [0.15, 0.2) is 36.4 Å². The Kier molecular flexibility index (Phi) is 4.37. The average molecular weight is 276 g/mol. The minimum absolute atomic E-state index is 0.0933. The number of hydrogen-bond donors (Lipinski definition) is 3. The highest BCUT2D eigenvalue weighted by molar-refractivity contribution is 5.95. The summed E-state index contributed by atoms with van der Waals surface area (Å²) in [6, 6.07) is 6.62. The standard InChI is InChI=1S/C14H16N2O4/c15-10-6-5-9(7-10)14(19)16-11-3-1-2-4-12(11)20-8-13(17)18/h1-6,9-10H,7-8,15H2,(H,16,19)(H,17,18). The van der Waals surface area contributed by atoms with E-state index in [-0.39, 0.29) is 17.9 Å². The fourth-order valence-corrected chi connectivity index (χ4v) is 1.98. The van der Waals surface area contributed by atoms with Gasteiger partial charge in [-0.05, 0) is 18.6 Å². The minimum Gasteiger partial charge on any atom is -0.480 e. The Labute approximate surface area is 116 Å². The van der Waals surface area contributed by atoms with E-state index < -0.39 is 12.6 Å². The maximum Gasteiger partial charge on any atom is 0.341 e. The summed E-state index contributed by atoms with van der Waals surface area (Å²) in [5.41, 5.74) is 6.16. The first kappa shape index (κ1) is 14.1. The Morgan fingerprint density at radius 3 is 2.75 bits per heavy atom. The fourth-order valence-electron chi connectivity index (χ4n) is 1.98. The number of carboxylic acids is 1. The van der Waals surface area contributed by atoms with Crippen LogP contribution in [0.3, 0.4) is 0 Å². The minimum atomic E-state index is -1.07. The van der Waals surface area contributed by atoms with Crippen LogP contribution in [0.1, 0.15) is 6.42 Å². The molecule has 0 radical (unpaired) electrons. The molecule has 1 aliphatic carbocycles. The molecule has 20 heavy (non-hydrogen) atoms. The van der Waals surface area contributed by atoms with Gasteiger partial charge in [-0.1, -0.05) is 24.3 Å². The third-order valence-corrected chi connectivity index (χ3v) is 2.95. The number of carbonyl (C=O) groups is 2. The highest BCUT2D eigenvalue weighted by Crippen LogP contribution is 2.26. The molecule has 106 valence electrons. The number of nitrogens with one attached hydrogen (secondary N) is 1. The Hall–Kier alpha value is -2.34. The number of carboxylic acid groups (broad SMARTS) is 1. The zero-order valence-corrected chi connectivity index (χ0v) is 10.8. The van der Waals surface area contributed by atoms with Crippen LogP contribution in [0.4, 0.5) is 5.69 Å². The van der Waals surface area contributed by atoms with E-state index in [1.807, 2.05) is 0 Å². The number of benzene rings is 1. The number of ether oxygens (including phenoxy) is 1. The summed E-state index contributed by atoms with van der Waals surface area (Å²) >= 11 is 0. The lowest BCUT2D eigenvalue weighted by atomic mass is 10.1. The lowest BCUT2D eigenvalue weighted by Gasteiger charge is -2.13. The molecule has 0 spiro atoms. The molecule has 0 aliphatic heterocycles. The third-order valence-electron chi connectivity index (χ3n) is 2.95. The van der Waals surface area contributed by atoms with E-state index in [2.05, 4.69) is 5.32 Å². The first-order chi connectivity index (χ1) is 9.56. The first-order valence-electron chi connectivity index (χ1n) is 6.24. The molecule has 0 heterocycles. The van der Waals surface area contributed by atoms with Gasteiger partial charge in [0.1, 0.15) is 5.75 Å². The Balaban J connectivity index is 2.03. The van der Waals surface area contributed by atoms with Crippen molar-refractivity contribution in [2.24, 2.45) is 11.7 Å². The Bertz CT molecular complexity index is 542. The van der Waals surface area contributed by atoms with Crippen LogP contribution >= 0.6 is 0 Å². The predicted molar refractivity (Wildman–Crippen MR) is 73.4 cm³/mol. The number of amides is 1. The van der Waals surface area contributed by atoms with Crippen molar-refractivity contribution in [3.8, 4) is 5.75 Å². The molecule has 2 rings (SSSR count). The molecule has 1 amide bonds. The highest BCUT2D eigenvalue weighted by atomic mass is 16.5. The van der Waals surface area contributed by atoms with Crippen molar-refractivity contribution in [2.75, 3.05) is 11.9 Å². The molecular formula is C14H16N2O4. The van der Waals surface area contributed by atoms with Gasteiger partial charge in [0.2, 0.25) is 5.91 Å². The van der Waals surface area contributed by atoms with Crippen LogP contribution in [0.5, 0.6) is 5.75 Å². The van der Waals surface area contributed by atoms with Crippen LogP contribution in [-0.4, -0.2) is 29.6 Å². The summed E-state index contributed by atoms with van der Waals surface area (Å²) in [5.74, 6) is -1.19. The molecule has 1 aromatic carbocycles. The normalized spacial score (nSPS) is 20.6. The number of hydrogen-bond acceptors (Lipinski definition) is 4. The second-order valence-corrected chi connectivity index (χ2v) is 4.56. The molecular weight excluding hydrogens is 260 g/mol. The third kappa shape index (κ3) is 3.58. The van der Waals surface area contributed by atoms with Crippen molar-refractivity contribution in [2.45, 2.75) is 12.5 Å². The summed E-state index contributed by atoms with van der Waals surface area (Å²) in [4.78, 5) is 22.6. The van der Waals surface area contributed by atoms with E-state index in [0.29, 0.717) is 17.9 Å². The summed E-state index contributed by atoms with van der Waals surface area (Å²) in [6.07, 6.45) is 4.15. The van der Waals surface area contributed by atoms with Gasteiger partial charge >= 0.3 is 5.97 Å². The molecule has 6 nitrogen and oxygen atoms in total. The summed E-state index contributed by atoms with van der Waals surface area (Å²) < 4.78 is 5.13. The first-order valence-corrected chi connectivity index (χ1v) is 6.24. The number of carbonyl (C=O) groups excluding carboxylic acids is 1. The van der Waals surface area contributed by atoms with Crippen LogP contribution < -0.4 is 15.8 Å². The van der Waals surface area contributed by atoms with Crippen molar-refractivity contribution in [1.29, 1.82) is 0 Å². The second-order valence-electron chi connectivity index (χ2n) is 4.56. The maximum atomic E-state index is 12.1. The molecule has 6 heteroatoms. The van der Waals surface area contributed by atoms with Crippen molar-refractivity contribution in [3.05, 3.63) is 36.4 Å². The summed E-state index contributed by atoms with van der Waals surface area (Å²) in [7, 11) is 0. The van der Waals surface area contributed by atoms with Crippen LogP contribution in [0.2, 0.25) is 0 Å². The van der Waals surface area contributed by atoms with Gasteiger partial charge in [-0.25, -0.2) is 4.79 Å². The summed E-state index contributed by atoms with van der Waals surface area (Å²) in [6.45, 7) is -0.457. The van der Waals surface area contributed by atoms with Gasteiger partial charge in [-0.2, -0.15) is 0 Å². The zero-order valence-electron chi connectivity index (χ0n) is 10.8. The molecule has 4 N–H and O–H groups in total. The highest BCUT2D eigenvalue weighted by Gasteiger charge is 2.23. The number of rotatable bonds is 5. The second kappa shape index (κ2) is 6.21. The quantitative estimate of drug-likeness (QED) is 0.696. The monoisotopic (exact) mass is 276 g/mol.